The number of rotatable bonds is 4. The van der Waals surface area contributed by atoms with Crippen LogP contribution in [0, 0.1) is 11.8 Å². The van der Waals surface area contributed by atoms with Crippen molar-refractivity contribution in [3.05, 3.63) is 29.8 Å². The monoisotopic (exact) mass is 291 g/mol. The van der Waals surface area contributed by atoms with Gasteiger partial charge in [-0.2, -0.15) is 0 Å². The SMILES string of the molecule is CN(Cc1ccc(O)cc1)C(=O)C1CCCC(C(=O)O)C1. The molecule has 0 bridgehead atoms. The quantitative estimate of drug-likeness (QED) is 0.892. The molecular formula is C16H21NO4. The van der Waals surface area contributed by atoms with Gasteiger partial charge in [0.2, 0.25) is 5.91 Å². The van der Waals surface area contributed by atoms with Crippen LogP contribution in [0.1, 0.15) is 31.2 Å². The highest BCUT2D eigenvalue weighted by molar-refractivity contribution is 5.80. The number of hydrogen-bond donors (Lipinski definition) is 2. The van der Waals surface area contributed by atoms with Gasteiger partial charge in [0.25, 0.3) is 0 Å². The van der Waals surface area contributed by atoms with Crippen LogP contribution < -0.4 is 0 Å². The van der Waals surface area contributed by atoms with Crippen LogP contribution in [0.25, 0.3) is 0 Å². The Hall–Kier alpha value is -2.04. The Bertz CT molecular complexity index is 512. The van der Waals surface area contributed by atoms with E-state index in [1.54, 1.807) is 36.2 Å². The Morgan fingerprint density at radius 1 is 1.19 bits per heavy atom. The minimum atomic E-state index is -0.798. The van der Waals surface area contributed by atoms with Gasteiger partial charge in [-0.05, 0) is 37.0 Å². The molecule has 2 rings (SSSR count). The predicted octanol–water partition coefficient (Wildman–Crippen LogP) is 2.24. The summed E-state index contributed by atoms with van der Waals surface area (Å²) >= 11 is 0. The van der Waals surface area contributed by atoms with Gasteiger partial charge < -0.3 is 15.1 Å². The van der Waals surface area contributed by atoms with E-state index in [1.807, 2.05) is 0 Å². The number of phenols is 1. The maximum absolute atomic E-state index is 12.4. The van der Waals surface area contributed by atoms with Crippen molar-refractivity contribution < 1.29 is 19.8 Å². The fraction of sp³-hybridized carbons (Fsp3) is 0.500. The molecule has 5 heteroatoms. The Morgan fingerprint density at radius 2 is 1.81 bits per heavy atom. The minimum Gasteiger partial charge on any atom is -0.508 e. The lowest BCUT2D eigenvalue weighted by Crippen LogP contribution is -2.36. The number of hydrogen-bond acceptors (Lipinski definition) is 3. The maximum Gasteiger partial charge on any atom is 0.306 e. The molecule has 0 heterocycles. The minimum absolute atomic E-state index is 0.00836. The van der Waals surface area contributed by atoms with Crippen molar-refractivity contribution in [3.63, 3.8) is 0 Å². The molecule has 0 spiro atoms. The maximum atomic E-state index is 12.4. The number of carboxylic acid groups (broad SMARTS) is 1. The molecule has 0 radical (unpaired) electrons. The van der Waals surface area contributed by atoms with E-state index in [0.29, 0.717) is 19.4 Å². The van der Waals surface area contributed by atoms with Gasteiger partial charge in [0, 0.05) is 19.5 Å². The number of amides is 1. The summed E-state index contributed by atoms with van der Waals surface area (Å²) in [5, 5.41) is 18.3. The normalized spacial score (nSPS) is 21.8. The van der Waals surface area contributed by atoms with Crippen LogP contribution in [0.2, 0.25) is 0 Å². The molecule has 2 N–H and O–H groups in total. The largest absolute Gasteiger partial charge is 0.508 e. The van der Waals surface area contributed by atoms with E-state index < -0.39 is 11.9 Å². The number of aliphatic carboxylic acids is 1. The topological polar surface area (TPSA) is 77.8 Å². The van der Waals surface area contributed by atoms with Gasteiger partial charge in [0.15, 0.2) is 0 Å². The number of carbonyl (C=O) groups excluding carboxylic acids is 1. The van der Waals surface area contributed by atoms with Crippen LogP contribution in [0.4, 0.5) is 0 Å². The highest BCUT2D eigenvalue weighted by Crippen LogP contribution is 2.30. The van der Waals surface area contributed by atoms with E-state index in [1.165, 1.54) is 0 Å². The zero-order valence-corrected chi connectivity index (χ0v) is 12.2. The van der Waals surface area contributed by atoms with E-state index >= 15 is 0 Å². The molecule has 0 saturated heterocycles. The molecule has 2 unspecified atom stereocenters. The van der Waals surface area contributed by atoms with Crippen molar-refractivity contribution in [2.75, 3.05) is 7.05 Å². The molecule has 1 aromatic rings. The van der Waals surface area contributed by atoms with E-state index in [-0.39, 0.29) is 17.6 Å². The van der Waals surface area contributed by atoms with Crippen LogP contribution in [0.15, 0.2) is 24.3 Å². The predicted molar refractivity (Wildman–Crippen MR) is 77.7 cm³/mol. The summed E-state index contributed by atoms with van der Waals surface area (Å²) in [4.78, 5) is 25.1. The van der Waals surface area contributed by atoms with Crippen molar-refractivity contribution in [2.24, 2.45) is 11.8 Å². The van der Waals surface area contributed by atoms with E-state index in [0.717, 1.165) is 18.4 Å². The van der Waals surface area contributed by atoms with Crippen LogP contribution in [-0.2, 0) is 16.1 Å². The van der Waals surface area contributed by atoms with Crippen LogP contribution in [0.3, 0.4) is 0 Å². The number of nitrogens with zero attached hydrogens (tertiary/aromatic N) is 1. The van der Waals surface area contributed by atoms with Crippen LogP contribution in [0.5, 0.6) is 5.75 Å². The van der Waals surface area contributed by atoms with Crippen molar-refractivity contribution in [2.45, 2.75) is 32.2 Å². The molecule has 2 atom stereocenters. The number of aromatic hydroxyl groups is 1. The van der Waals surface area contributed by atoms with Crippen LogP contribution in [-0.4, -0.2) is 34.0 Å². The molecule has 114 valence electrons. The summed E-state index contributed by atoms with van der Waals surface area (Å²) in [5.74, 6) is -1.18. The van der Waals surface area contributed by atoms with Gasteiger partial charge in [-0.1, -0.05) is 18.6 Å². The third-order valence-corrected chi connectivity index (χ3v) is 4.10. The molecule has 1 fully saturated rings. The second kappa shape index (κ2) is 6.61. The zero-order chi connectivity index (χ0) is 15.4. The molecule has 1 saturated carbocycles. The van der Waals surface area contributed by atoms with Gasteiger partial charge in [-0.3, -0.25) is 9.59 Å². The van der Waals surface area contributed by atoms with E-state index in [9.17, 15) is 14.7 Å². The highest BCUT2D eigenvalue weighted by Gasteiger charge is 2.32. The number of phenolic OH excluding ortho intramolecular Hbond substituents is 1. The highest BCUT2D eigenvalue weighted by atomic mass is 16.4. The lowest BCUT2D eigenvalue weighted by Gasteiger charge is -2.29. The van der Waals surface area contributed by atoms with E-state index in [4.69, 9.17) is 5.11 Å². The summed E-state index contributed by atoms with van der Waals surface area (Å²) < 4.78 is 0. The molecule has 0 aliphatic heterocycles. The Kier molecular flexibility index (Phi) is 4.83. The van der Waals surface area contributed by atoms with Gasteiger partial charge in [-0.25, -0.2) is 0 Å². The van der Waals surface area contributed by atoms with Crippen molar-refractivity contribution in [1.29, 1.82) is 0 Å². The summed E-state index contributed by atoms with van der Waals surface area (Å²) in [5.41, 5.74) is 0.939. The number of carboxylic acids is 1. The summed E-state index contributed by atoms with van der Waals surface area (Å²) in [6.07, 6.45) is 2.66. The van der Waals surface area contributed by atoms with Crippen molar-refractivity contribution in [3.8, 4) is 5.75 Å². The van der Waals surface area contributed by atoms with Crippen LogP contribution >= 0.6 is 0 Å². The first-order valence-electron chi connectivity index (χ1n) is 7.23. The van der Waals surface area contributed by atoms with Gasteiger partial charge >= 0.3 is 5.97 Å². The summed E-state index contributed by atoms with van der Waals surface area (Å²) in [7, 11) is 1.74. The van der Waals surface area contributed by atoms with Crippen molar-refractivity contribution >= 4 is 11.9 Å². The Balaban J connectivity index is 1.95. The zero-order valence-electron chi connectivity index (χ0n) is 12.2. The molecule has 1 aliphatic rings. The number of carbonyl (C=O) groups is 2. The second-order valence-corrected chi connectivity index (χ2v) is 5.76. The molecule has 5 nitrogen and oxygen atoms in total. The standard InChI is InChI=1S/C16H21NO4/c1-17(10-11-5-7-14(18)8-6-11)15(19)12-3-2-4-13(9-12)16(20)21/h5-8,12-13,18H,2-4,9-10H2,1H3,(H,20,21). The lowest BCUT2D eigenvalue weighted by atomic mass is 9.81. The average molecular weight is 291 g/mol. The first-order chi connectivity index (χ1) is 9.97. The van der Waals surface area contributed by atoms with Gasteiger partial charge in [0.05, 0.1) is 5.92 Å². The third kappa shape index (κ3) is 3.97. The first kappa shape index (κ1) is 15.4. The summed E-state index contributed by atoms with van der Waals surface area (Å²) in [6, 6.07) is 6.74. The first-order valence-corrected chi connectivity index (χ1v) is 7.23. The fourth-order valence-electron chi connectivity index (χ4n) is 2.90. The molecule has 21 heavy (non-hydrogen) atoms. The Labute approximate surface area is 124 Å². The lowest BCUT2D eigenvalue weighted by molar-refractivity contribution is -0.145. The summed E-state index contributed by atoms with van der Waals surface area (Å²) in [6.45, 7) is 0.466. The average Bonchev–Trinajstić information content (AvgIpc) is 2.49. The molecular weight excluding hydrogens is 270 g/mol. The molecule has 1 amide bonds. The van der Waals surface area contributed by atoms with E-state index in [2.05, 4.69) is 0 Å². The molecule has 1 aromatic carbocycles. The molecule has 0 aromatic heterocycles. The smallest absolute Gasteiger partial charge is 0.306 e. The number of benzene rings is 1. The van der Waals surface area contributed by atoms with Gasteiger partial charge in [0.1, 0.15) is 5.75 Å². The van der Waals surface area contributed by atoms with Crippen molar-refractivity contribution in [1.82, 2.24) is 4.90 Å². The Morgan fingerprint density at radius 3 is 2.43 bits per heavy atom. The third-order valence-electron chi connectivity index (χ3n) is 4.10. The van der Waals surface area contributed by atoms with Gasteiger partial charge in [-0.15, -0.1) is 0 Å². The fourth-order valence-corrected chi connectivity index (χ4v) is 2.90. The second-order valence-electron chi connectivity index (χ2n) is 5.76. The molecule has 1 aliphatic carbocycles.